The van der Waals surface area contributed by atoms with E-state index < -0.39 is 33.4 Å². The van der Waals surface area contributed by atoms with Gasteiger partial charge < -0.3 is 15.7 Å². The molecule has 106 valence electrons. The Morgan fingerprint density at radius 3 is 2.11 bits per heavy atom. The van der Waals surface area contributed by atoms with E-state index in [1.54, 1.807) is 20.8 Å². The van der Waals surface area contributed by atoms with E-state index in [1.165, 1.54) is 0 Å². The predicted octanol–water partition coefficient (Wildman–Crippen LogP) is -0.0280. The fourth-order valence-corrected chi connectivity index (χ4v) is 1.79. The second kappa shape index (κ2) is 6.03. The zero-order chi connectivity index (χ0) is 14.6. The molecule has 1 atom stereocenters. The third-order valence-corrected chi connectivity index (χ3v) is 2.85. The summed E-state index contributed by atoms with van der Waals surface area (Å²) in [6.45, 7) is 5.25. The van der Waals surface area contributed by atoms with Gasteiger partial charge in [-0.3, -0.25) is 0 Å². The Morgan fingerprint density at radius 2 is 1.78 bits per heavy atom. The van der Waals surface area contributed by atoms with Gasteiger partial charge in [-0.05, 0) is 27.2 Å². The van der Waals surface area contributed by atoms with Gasteiger partial charge >= 0.3 is 12.0 Å². The van der Waals surface area contributed by atoms with E-state index in [-0.39, 0.29) is 12.2 Å². The summed E-state index contributed by atoms with van der Waals surface area (Å²) in [7, 11) is -3.26. The smallest absolute Gasteiger partial charge is 0.326 e. The van der Waals surface area contributed by atoms with Gasteiger partial charge in [-0.25, -0.2) is 18.0 Å². The second-order valence-electron chi connectivity index (χ2n) is 5.16. The lowest BCUT2D eigenvalue weighted by Crippen LogP contribution is -2.51. The monoisotopic (exact) mass is 280 g/mol. The molecule has 0 aliphatic rings. The minimum absolute atomic E-state index is 0.161. The van der Waals surface area contributed by atoms with Crippen LogP contribution in [0.5, 0.6) is 0 Å². The van der Waals surface area contributed by atoms with E-state index in [2.05, 4.69) is 10.6 Å². The number of carbonyl (C=O) groups excluding carboxylic acids is 1. The van der Waals surface area contributed by atoms with Crippen LogP contribution in [0.3, 0.4) is 0 Å². The molecule has 18 heavy (non-hydrogen) atoms. The molecule has 0 aliphatic carbocycles. The lowest BCUT2D eigenvalue weighted by atomic mass is 10.1. The Kier molecular flexibility index (Phi) is 5.59. The Bertz CT molecular complexity index is 410. The van der Waals surface area contributed by atoms with Gasteiger partial charge in [0.1, 0.15) is 15.9 Å². The van der Waals surface area contributed by atoms with Crippen LogP contribution in [0.25, 0.3) is 0 Å². The number of carboxylic acids is 1. The molecule has 8 heteroatoms. The largest absolute Gasteiger partial charge is 0.480 e. The summed E-state index contributed by atoms with van der Waals surface area (Å²) < 4.78 is 21.9. The third kappa shape index (κ3) is 8.80. The van der Waals surface area contributed by atoms with Gasteiger partial charge in [0.25, 0.3) is 0 Å². The first-order valence-electron chi connectivity index (χ1n) is 5.40. The van der Waals surface area contributed by atoms with Crippen molar-refractivity contribution in [2.75, 3.05) is 12.0 Å². The van der Waals surface area contributed by atoms with E-state index in [9.17, 15) is 18.0 Å². The first-order valence-corrected chi connectivity index (χ1v) is 7.46. The van der Waals surface area contributed by atoms with Gasteiger partial charge in [-0.1, -0.05) is 0 Å². The van der Waals surface area contributed by atoms with Gasteiger partial charge in [-0.15, -0.1) is 0 Å². The van der Waals surface area contributed by atoms with Gasteiger partial charge in [0, 0.05) is 11.8 Å². The van der Waals surface area contributed by atoms with Crippen molar-refractivity contribution in [3.63, 3.8) is 0 Å². The molecule has 7 nitrogen and oxygen atoms in total. The quantitative estimate of drug-likeness (QED) is 0.654. The fourth-order valence-electron chi connectivity index (χ4n) is 1.12. The number of hydrogen-bond acceptors (Lipinski definition) is 4. The number of hydrogen-bond donors (Lipinski definition) is 3. The molecule has 0 aromatic carbocycles. The van der Waals surface area contributed by atoms with E-state index in [1.807, 2.05) is 0 Å². The summed E-state index contributed by atoms with van der Waals surface area (Å²) in [5.41, 5.74) is -0.496. The van der Waals surface area contributed by atoms with Crippen molar-refractivity contribution >= 4 is 21.8 Å². The molecule has 0 bridgehead atoms. The van der Waals surface area contributed by atoms with Crippen LogP contribution >= 0.6 is 0 Å². The van der Waals surface area contributed by atoms with Crippen LogP contribution in [0.4, 0.5) is 4.79 Å². The zero-order valence-corrected chi connectivity index (χ0v) is 11.8. The molecule has 0 saturated heterocycles. The predicted molar refractivity (Wildman–Crippen MR) is 67.2 cm³/mol. The van der Waals surface area contributed by atoms with E-state index in [0.29, 0.717) is 0 Å². The maximum absolute atomic E-state index is 11.5. The molecule has 1 unspecified atom stereocenters. The number of nitrogens with one attached hydrogen (secondary N) is 2. The van der Waals surface area contributed by atoms with Gasteiger partial charge in [-0.2, -0.15) is 0 Å². The Morgan fingerprint density at radius 1 is 1.28 bits per heavy atom. The number of carboxylic acid groups (broad SMARTS) is 1. The zero-order valence-electron chi connectivity index (χ0n) is 11.0. The van der Waals surface area contributed by atoms with E-state index in [0.717, 1.165) is 6.26 Å². The molecule has 0 saturated carbocycles. The van der Waals surface area contributed by atoms with E-state index >= 15 is 0 Å². The topological polar surface area (TPSA) is 113 Å². The van der Waals surface area contributed by atoms with Crippen molar-refractivity contribution in [2.24, 2.45) is 0 Å². The maximum atomic E-state index is 11.5. The molecule has 0 aliphatic heterocycles. The minimum Gasteiger partial charge on any atom is -0.480 e. The third-order valence-electron chi connectivity index (χ3n) is 1.87. The van der Waals surface area contributed by atoms with Crippen molar-refractivity contribution in [3.05, 3.63) is 0 Å². The van der Waals surface area contributed by atoms with Crippen molar-refractivity contribution in [1.82, 2.24) is 10.6 Å². The van der Waals surface area contributed by atoms with Crippen LogP contribution < -0.4 is 10.6 Å². The highest BCUT2D eigenvalue weighted by Crippen LogP contribution is 2.00. The lowest BCUT2D eigenvalue weighted by molar-refractivity contribution is -0.139. The average Bonchev–Trinajstić information content (AvgIpc) is 2.06. The lowest BCUT2D eigenvalue weighted by Gasteiger charge is -2.22. The number of carbonyl (C=O) groups is 2. The minimum atomic E-state index is -3.26. The molecule has 0 aromatic rings. The van der Waals surface area contributed by atoms with Crippen LogP contribution in [0.2, 0.25) is 0 Å². The van der Waals surface area contributed by atoms with Crippen LogP contribution in [0.1, 0.15) is 27.2 Å². The highest BCUT2D eigenvalue weighted by molar-refractivity contribution is 7.90. The molecule has 0 fully saturated rings. The standard InChI is InChI=1S/C10H20N2O5S/c1-10(2,3)12-9(15)11-7(8(13)14)5-6-18(4,16)17/h7H,5-6H2,1-4H3,(H,13,14)(H2,11,12,15). The van der Waals surface area contributed by atoms with Gasteiger partial charge in [0.15, 0.2) is 0 Å². The average molecular weight is 280 g/mol. The number of sulfone groups is 1. The number of rotatable bonds is 5. The number of urea groups is 1. The first-order chi connectivity index (χ1) is 7.91. The molecular weight excluding hydrogens is 260 g/mol. The summed E-state index contributed by atoms with van der Waals surface area (Å²) in [5, 5.41) is 13.7. The Balaban J connectivity index is 4.46. The van der Waals surface area contributed by atoms with Gasteiger partial charge in [0.05, 0.1) is 5.75 Å². The summed E-state index contributed by atoms with van der Waals surface area (Å²) >= 11 is 0. The highest BCUT2D eigenvalue weighted by atomic mass is 32.2. The first kappa shape index (κ1) is 16.7. The van der Waals surface area contributed by atoms with Crippen LogP contribution in [0.15, 0.2) is 0 Å². The summed E-state index contributed by atoms with van der Waals surface area (Å²) in [6, 6.07) is -1.86. The van der Waals surface area contributed by atoms with Crippen LogP contribution in [-0.4, -0.2) is 49.1 Å². The maximum Gasteiger partial charge on any atom is 0.326 e. The van der Waals surface area contributed by atoms with Crippen molar-refractivity contribution in [3.8, 4) is 0 Å². The normalized spacial score (nSPS) is 13.8. The molecular formula is C10H20N2O5S. The number of amides is 2. The molecule has 0 radical (unpaired) electrons. The molecule has 0 heterocycles. The van der Waals surface area contributed by atoms with Crippen LogP contribution in [0, 0.1) is 0 Å². The summed E-state index contributed by atoms with van der Waals surface area (Å²) in [4.78, 5) is 22.3. The second-order valence-corrected chi connectivity index (χ2v) is 7.42. The van der Waals surface area contributed by atoms with E-state index in [4.69, 9.17) is 5.11 Å². The number of aliphatic carboxylic acids is 1. The molecule has 0 rings (SSSR count). The van der Waals surface area contributed by atoms with Crippen molar-refractivity contribution < 1.29 is 23.1 Å². The fraction of sp³-hybridized carbons (Fsp3) is 0.800. The SMILES string of the molecule is CC(C)(C)NC(=O)NC(CCS(C)(=O)=O)C(=O)O. The molecule has 0 spiro atoms. The molecule has 2 amide bonds. The molecule has 0 aromatic heterocycles. The van der Waals surface area contributed by atoms with Crippen molar-refractivity contribution in [2.45, 2.75) is 38.8 Å². The highest BCUT2D eigenvalue weighted by Gasteiger charge is 2.23. The summed E-state index contributed by atoms with van der Waals surface area (Å²) in [6.07, 6.45) is 0.854. The van der Waals surface area contributed by atoms with Crippen molar-refractivity contribution in [1.29, 1.82) is 0 Å². The van der Waals surface area contributed by atoms with Crippen LogP contribution in [-0.2, 0) is 14.6 Å². The Hall–Kier alpha value is -1.31. The van der Waals surface area contributed by atoms with Gasteiger partial charge in [0.2, 0.25) is 0 Å². The summed E-state index contributed by atoms with van der Waals surface area (Å²) in [5.74, 6) is -1.55. The molecule has 3 N–H and O–H groups in total. The Labute approximate surface area is 107 Å².